The summed E-state index contributed by atoms with van der Waals surface area (Å²) in [6.07, 6.45) is 2.97. The fourth-order valence-corrected chi connectivity index (χ4v) is 4.91. The Morgan fingerprint density at radius 1 is 1.00 bits per heavy atom. The molecule has 0 bridgehead atoms. The van der Waals surface area contributed by atoms with Gasteiger partial charge in [0.05, 0.1) is 11.9 Å². The van der Waals surface area contributed by atoms with Gasteiger partial charge in [0, 0.05) is 26.1 Å². The second-order valence-electron chi connectivity index (χ2n) is 8.45. The van der Waals surface area contributed by atoms with Crippen molar-refractivity contribution in [3.8, 4) is 0 Å². The summed E-state index contributed by atoms with van der Waals surface area (Å²) in [5.74, 6) is -0.327. The minimum absolute atomic E-state index is 0.141. The van der Waals surface area contributed by atoms with Gasteiger partial charge in [-0.2, -0.15) is 0 Å². The van der Waals surface area contributed by atoms with Gasteiger partial charge in [0.2, 0.25) is 21.8 Å². The normalized spacial score (nSPS) is 12.1. The number of nitrogens with one attached hydrogen (secondary N) is 1. The van der Waals surface area contributed by atoms with Gasteiger partial charge in [-0.05, 0) is 43.4 Å². The largest absolute Gasteiger partial charge is 0.354 e. The van der Waals surface area contributed by atoms with Gasteiger partial charge in [0.25, 0.3) is 0 Å². The van der Waals surface area contributed by atoms with E-state index in [9.17, 15) is 18.0 Å². The topological polar surface area (TPSA) is 86.8 Å². The zero-order chi connectivity index (χ0) is 25.1. The highest BCUT2D eigenvalue weighted by molar-refractivity contribution is 7.92. The molecule has 1 atom stereocenters. The molecule has 0 unspecified atom stereocenters. The van der Waals surface area contributed by atoms with Crippen LogP contribution in [0.4, 0.5) is 5.69 Å². The molecule has 2 rings (SSSR count). The molecule has 0 saturated carbocycles. The lowest BCUT2D eigenvalue weighted by Gasteiger charge is -2.31. The maximum absolute atomic E-state index is 13.3. The van der Waals surface area contributed by atoms with Crippen LogP contribution < -0.4 is 9.62 Å². The Kier molecular flexibility index (Phi) is 10.6. The van der Waals surface area contributed by atoms with Gasteiger partial charge in [0.1, 0.15) is 6.04 Å². The Morgan fingerprint density at radius 2 is 1.65 bits per heavy atom. The van der Waals surface area contributed by atoms with Crippen molar-refractivity contribution in [3.05, 3.63) is 65.7 Å². The first kappa shape index (κ1) is 27.4. The highest BCUT2D eigenvalue weighted by atomic mass is 32.2. The molecule has 0 aliphatic carbocycles. The molecule has 34 heavy (non-hydrogen) atoms. The summed E-state index contributed by atoms with van der Waals surface area (Å²) < 4.78 is 26.3. The quantitative estimate of drug-likeness (QED) is 0.465. The molecule has 0 fully saturated rings. The van der Waals surface area contributed by atoms with Gasteiger partial charge in [0.15, 0.2) is 0 Å². The number of anilines is 1. The predicted octanol–water partition coefficient (Wildman–Crippen LogP) is 3.87. The second-order valence-corrected chi connectivity index (χ2v) is 10.4. The van der Waals surface area contributed by atoms with Crippen molar-refractivity contribution in [2.45, 2.75) is 59.0 Å². The minimum atomic E-state index is -3.51. The molecule has 0 radical (unpaired) electrons. The number of aryl methyl sites for hydroxylation is 1. The molecule has 2 aromatic rings. The van der Waals surface area contributed by atoms with Crippen LogP contribution >= 0.6 is 0 Å². The third kappa shape index (κ3) is 7.87. The summed E-state index contributed by atoms with van der Waals surface area (Å²) in [6, 6.07) is 16.3. The molecule has 0 saturated heterocycles. The van der Waals surface area contributed by atoms with Crippen molar-refractivity contribution < 1.29 is 18.0 Å². The van der Waals surface area contributed by atoms with Gasteiger partial charge in [-0.1, -0.05) is 62.4 Å². The first-order valence-corrected chi connectivity index (χ1v) is 13.7. The molecule has 186 valence electrons. The molecule has 2 aromatic carbocycles. The SMILES string of the molecule is CCCNC(=O)[C@H](CC)N(Cc1ccccc1)C(=O)CCCN(c1ccccc1C)S(C)(=O)=O. The molecule has 0 aliphatic heterocycles. The highest BCUT2D eigenvalue weighted by Gasteiger charge is 2.28. The van der Waals surface area contributed by atoms with Crippen LogP contribution in [0.2, 0.25) is 0 Å². The van der Waals surface area contributed by atoms with Crippen molar-refractivity contribution in [1.82, 2.24) is 10.2 Å². The Hall–Kier alpha value is -2.87. The average molecular weight is 488 g/mol. The monoisotopic (exact) mass is 487 g/mol. The van der Waals surface area contributed by atoms with Crippen molar-refractivity contribution in [3.63, 3.8) is 0 Å². The standard InChI is InChI=1S/C26H37N3O4S/c1-5-18-27-26(31)23(6-2)28(20-22-14-8-7-9-15-22)25(30)17-12-19-29(34(4,32)33)24-16-11-10-13-21(24)3/h7-11,13-16,23H,5-6,12,17-20H2,1-4H3,(H,27,31)/t23-/m0/s1. The van der Waals surface area contributed by atoms with E-state index in [4.69, 9.17) is 0 Å². The molecular weight excluding hydrogens is 450 g/mol. The Bertz CT molecular complexity index is 1040. The number of carbonyl (C=O) groups is 2. The van der Waals surface area contributed by atoms with Crippen LogP contribution in [0.5, 0.6) is 0 Å². The van der Waals surface area contributed by atoms with Crippen molar-refractivity contribution in [2.24, 2.45) is 0 Å². The number of benzene rings is 2. The molecule has 2 amide bonds. The zero-order valence-corrected chi connectivity index (χ0v) is 21.5. The van der Waals surface area contributed by atoms with Crippen molar-refractivity contribution in [2.75, 3.05) is 23.7 Å². The molecular formula is C26H37N3O4S. The van der Waals surface area contributed by atoms with Gasteiger partial charge in [-0.15, -0.1) is 0 Å². The molecule has 0 spiro atoms. The number of sulfonamides is 1. The number of hydrogen-bond acceptors (Lipinski definition) is 4. The van der Waals surface area contributed by atoms with E-state index < -0.39 is 16.1 Å². The van der Waals surface area contributed by atoms with E-state index in [-0.39, 0.29) is 24.8 Å². The van der Waals surface area contributed by atoms with Crippen molar-refractivity contribution in [1.29, 1.82) is 0 Å². The van der Waals surface area contributed by atoms with E-state index in [0.717, 1.165) is 17.5 Å². The predicted molar refractivity (Wildman–Crippen MR) is 137 cm³/mol. The average Bonchev–Trinajstić information content (AvgIpc) is 2.80. The Labute approximate surface area is 204 Å². The first-order chi connectivity index (χ1) is 16.2. The van der Waals surface area contributed by atoms with Crippen LogP contribution in [0.15, 0.2) is 54.6 Å². The number of carbonyl (C=O) groups excluding carboxylic acids is 2. The van der Waals surface area contributed by atoms with Crippen molar-refractivity contribution >= 4 is 27.5 Å². The summed E-state index contributed by atoms with van der Waals surface area (Å²) in [6.45, 7) is 6.81. The first-order valence-electron chi connectivity index (χ1n) is 11.8. The summed E-state index contributed by atoms with van der Waals surface area (Å²) in [4.78, 5) is 27.8. The van der Waals surface area contributed by atoms with E-state index in [1.165, 1.54) is 10.6 Å². The van der Waals surface area contributed by atoms with Crippen LogP contribution in [0.1, 0.15) is 50.7 Å². The van der Waals surface area contributed by atoms with Crippen LogP contribution in [0.25, 0.3) is 0 Å². The van der Waals surface area contributed by atoms with E-state index in [0.29, 0.717) is 31.6 Å². The summed E-state index contributed by atoms with van der Waals surface area (Å²) in [5, 5.41) is 2.91. The van der Waals surface area contributed by atoms with Crippen LogP contribution in [0.3, 0.4) is 0 Å². The van der Waals surface area contributed by atoms with E-state index in [1.54, 1.807) is 17.0 Å². The Morgan fingerprint density at radius 3 is 2.24 bits per heavy atom. The molecule has 0 heterocycles. The number of para-hydroxylation sites is 1. The zero-order valence-electron chi connectivity index (χ0n) is 20.7. The lowest BCUT2D eigenvalue weighted by molar-refractivity contribution is -0.141. The smallest absolute Gasteiger partial charge is 0.242 e. The number of hydrogen-bond donors (Lipinski definition) is 1. The molecule has 7 nitrogen and oxygen atoms in total. The van der Waals surface area contributed by atoms with Gasteiger partial charge >= 0.3 is 0 Å². The minimum Gasteiger partial charge on any atom is -0.354 e. The second kappa shape index (κ2) is 13.1. The van der Waals surface area contributed by atoms with Crippen LogP contribution in [-0.4, -0.2) is 50.5 Å². The van der Waals surface area contributed by atoms with Gasteiger partial charge < -0.3 is 10.2 Å². The number of nitrogens with zero attached hydrogens (tertiary/aromatic N) is 2. The molecule has 8 heteroatoms. The fourth-order valence-electron chi connectivity index (χ4n) is 3.89. The molecule has 1 N–H and O–H groups in total. The number of rotatable bonds is 13. The number of amides is 2. The third-order valence-electron chi connectivity index (χ3n) is 5.67. The molecule has 0 aliphatic rings. The van der Waals surface area contributed by atoms with Gasteiger partial charge in [-0.25, -0.2) is 8.42 Å². The third-order valence-corrected chi connectivity index (χ3v) is 6.85. The summed E-state index contributed by atoms with van der Waals surface area (Å²) in [5.41, 5.74) is 2.41. The Balaban J connectivity index is 2.18. The summed E-state index contributed by atoms with van der Waals surface area (Å²) in [7, 11) is -3.51. The fraction of sp³-hybridized carbons (Fsp3) is 0.462. The highest BCUT2D eigenvalue weighted by Crippen LogP contribution is 2.23. The lowest BCUT2D eigenvalue weighted by atomic mass is 10.1. The van der Waals surface area contributed by atoms with Gasteiger partial charge in [-0.3, -0.25) is 13.9 Å². The van der Waals surface area contributed by atoms with Crippen LogP contribution in [0, 0.1) is 6.92 Å². The summed E-state index contributed by atoms with van der Waals surface area (Å²) >= 11 is 0. The maximum atomic E-state index is 13.3. The van der Waals surface area contributed by atoms with E-state index in [1.807, 2.05) is 63.2 Å². The van der Waals surface area contributed by atoms with E-state index in [2.05, 4.69) is 5.32 Å². The lowest BCUT2D eigenvalue weighted by Crippen LogP contribution is -2.49. The van der Waals surface area contributed by atoms with Crippen LogP contribution in [-0.2, 0) is 26.2 Å². The molecule has 0 aromatic heterocycles. The van der Waals surface area contributed by atoms with E-state index >= 15 is 0 Å². The maximum Gasteiger partial charge on any atom is 0.242 e.